The second-order valence-electron chi connectivity index (χ2n) is 4.24. The van der Waals surface area contributed by atoms with Crippen molar-refractivity contribution >= 4 is 5.91 Å². The lowest BCUT2D eigenvalue weighted by molar-refractivity contribution is 0.0994. The Morgan fingerprint density at radius 1 is 1.59 bits per heavy atom. The number of carbonyl (C=O) groups is 1. The molecule has 17 heavy (non-hydrogen) atoms. The number of carbonyl (C=O) groups excluding carboxylic acids is 1. The number of aryl methyl sites for hydroxylation is 1. The number of hydrogen-bond acceptors (Lipinski definition) is 4. The van der Waals surface area contributed by atoms with Crippen LogP contribution in [0.15, 0.2) is 0 Å². The average molecular weight is 238 g/mol. The fraction of sp³-hybridized carbons (Fsp3) is 0.727. The molecule has 6 heteroatoms. The van der Waals surface area contributed by atoms with Crippen LogP contribution < -0.4 is 5.73 Å². The molecule has 0 bridgehead atoms. The molecule has 2 N–H and O–H groups in total. The number of hydrogen-bond donors (Lipinski definition) is 1. The summed E-state index contributed by atoms with van der Waals surface area (Å²) in [5.41, 5.74) is 6.54. The zero-order valence-electron chi connectivity index (χ0n) is 10.1. The van der Waals surface area contributed by atoms with Crippen LogP contribution in [0.5, 0.6) is 0 Å². The van der Waals surface area contributed by atoms with Crippen molar-refractivity contribution in [3.05, 3.63) is 11.4 Å². The van der Waals surface area contributed by atoms with Gasteiger partial charge < -0.3 is 10.5 Å². The first-order chi connectivity index (χ1) is 8.24. The van der Waals surface area contributed by atoms with Gasteiger partial charge in [0.1, 0.15) is 0 Å². The predicted molar refractivity (Wildman–Crippen MR) is 61.6 cm³/mol. The highest BCUT2D eigenvalue weighted by molar-refractivity contribution is 5.92. The van der Waals surface area contributed by atoms with E-state index in [1.807, 2.05) is 6.92 Å². The van der Waals surface area contributed by atoms with Gasteiger partial charge in [-0.3, -0.25) is 4.79 Å². The summed E-state index contributed by atoms with van der Waals surface area (Å²) in [4.78, 5) is 11.2. The number of aromatic nitrogens is 3. The van der Waals surface area contributed by atoms with Crippen molar-refractivity contribution in [2.45, 2.75) is 38.6 Å². The third-order valence-corrected chi connectivity index (χ3v) is 2.83. The lowest BCUT2D eigenvalue weighted by atomic mass is 10.2. The Balaban J connectivity index is 2.03. The lowest BCUT2D eigenvalue weighted by Gasteiger charge is -2.06. The second-order valence-corrected chi connectivity index (χ2v) is 4.24. The van der Waals surface area contributed by atoms with Crippen LogP contribution in [-0.4, -0.2) is 34.1 Å². The van der Waals surface area contributed by atoms with Gasteiger partial charge in [-0.05, 0) is 26.2 Å². The quantitative estimate of drug-likeness (QED) is 0.708. The molecule has 0 unspecified atom stereocenters. The van der Waals surface area contributed by atoms with Crippen LogP contribution in [0.25, 0.3) is 0 Å². The van der Waals surface area contributed by atoms with E-state index in [4.69, 9.17) is 10.5 Å². The van der Waals surface area contributed by atoms with Gasteiger partial charge >= 0.3 is 0 Å². The topological polar surface area (TPSA) is 83.0 Å². The van der Waals surface area contributed by atoms with Crippen molar-refractivity contribution in [1.29, 1.82) is 0 Å². The van der Waals surface area contributed by atoms with Crippen molar-refractivity contribution < 1.29 is 9.53 Å². The molecular weight excluding hydrogens is 220 g/mol. The van der Waals surface area contributed by atoms with Gasteiger partial charge in [-0.25, -0.2) is 4.68 Å². The molecular formula is C11H18N4O2. The van der Waals surface area contributed by atoms with E-state index in [2.05, 4.69) is 10.3 Å². The van der Waals surface area contributed by atoms with Gasteiger partial charge in [0.25, 0.3) is 5.91 Å². The molecule has 1 heterocycles. The highest BCUT2D eigenvalue weighted by Gasteiger charge is 2.32. The molecule has 0 spiro atoms. The molecule has 1 saturated carbocycles. The molecule has 0 saturated heterocycles. The highest BCUT2D eigenvalue weighted by Crippen LogP contribution is 2.41. The van der Waals surface area contributed by atoms with Gasteiger partial charge in [0.05, 0.1) is 5.69 Å². The van der Waals surface area contributed by atoms with E-state index in [9.17, 15) is 4.79 Å². The maximum Gasteiger partial charge on any atom is 0.271 e. The Kier molecular flexibility index (Phi) is 3.73. The maximum atomic E-state index is 11.2. The lowest BCUT2D eigenvalue weighted by Crippen LogP contribution is -2.15. The molecule has 1 fully saturated rings. The molecule has 1 amide bonds. The van der Waals surface area contributed by atoms with E-state index in [0.717, 1.165) is 38.1 Å². The summed E-state index contributed by atoms with van der Waals surface area (Å²) in [6.45, 7) is 4.12. The van der Waals surface area contributed by atoms with Crippen molar-refractivity contribution in [3.63, 3.8) is 0 Å². The molecule has 0 aliphatic heterocycles. The first kappa shape index (κ1) is 12.0. The highest BCUT2D eigenvalue weighted by atomic mass is 16.5. The van der Waals surface area contributed by atoms with Crippen molar-refractivity contribution in [3.8, 4) is 0 Å². The first-order valence-corrected chi connectivity index (χ1v) is 6.05. The maximum absolute atomic E-state index is 11.2. The third-order valence-electron chi connectivity index (χ3n) is 2.83. The normalized spacial score (nSPS) is 15.1. The SMILES string of the molecule is CCOCCCn1nnc(C(N)=O)c1C1CC1. The molecule has 94 valence electrons. The number of amides is 1. The Bertz CT molecular complexity index is 398. The van der Waals surface area contributed by atoms with E-state index in [1.54, 1.807) is 4.68 Å². The van der Waals surface area contributed by atoms with Crippen LogP contribution in [0.2, 0.25) is 0 Å². The Hall–Kier alpha value is -1.43. The van der Waals surface area contributed by atoms with Gasteiger partial charge in [-0.2, -0.15) is 0 Å². The largest absolute Gasteiger partial charge is 0.382 e. The zero-order chi connectivity index (χ0) is 12.3. The van der Waals surface area contributed by atoms with Crippen LogP contribution >= 0.6 is 0 Å². The van der Waals surface area contributed by atoms with E-state index in [0.29, 0.717) is 18.2 Å². The third kappa shape index (κ3) is 2.82. The minimum atomic E-state index is -0.483. The molecule has 0 radical (unpaired) electrons. The summed E-state index contributed by atoms with van der Waals surface area (Å²) in [5.74, 6) is -0.0671. The molecule has 1 aliphatic carbocycles. The second kappa shape index (κ2) is 5.27. The van der Waals surface area contributed by atoms with Crippen molar-refractivity contribution in [2.24, 2.45) is 5.73 Å². The fourth-order valence-corrected chi connectivity index (χ4v) is 1.88. The van der Waals surface area contributed by atoms with E-state index < -0.39 is 5.91 Å². The van der Waals surface area contributed by atoms with E-state index in [-0.39, 0.29) is 0 Å². The smallest absolute Gasteiger partial charge is 0.271 e. The Morgan fingerprint density at radius 3 is 2.94 bits per heavy atom. The fourth-order valence-electron chi connectivity index (χ4n) is 1.88. The number of primary amides is 1. The molecule has 1 aromatic rings. The summed E-state index contributed by atoms with van der Waals surface area (Å²) in [6.07, 6.45) is 3.06. The van der Waals surface area contributed by atoms with Gasteiger partial charge in [-0.15, -0.1) is 5.10 Å². The Morgan fingerprint density at radius 2 is 2.35 bits per heavy atom. The molecule has 6 nitrogen and oxygen atoms in total. The molecule has 1 aliphatic rings. The molecule has 0 atom stereocenters. The van der Waals surface area contributed by atoms with Crippen LogP contribution in [0.3, 0.4) is 0 Å². The molecule has 2 rings (SSSR count). The van der Waals surface area contributed by atoms with Gasteiger partial charge in [0.15, 0.2) is 5.69 Å². The number of ether oxygens (including phenoxy) is 1. The molecule has 1 aromatic heterocycles. The predicted octanol–water partition coefficient (Wildman–Crippen LogP) is 0.681. The average Bonchev–Trinajstić information content (AvgIpc) is 3.05. The molecule has 0 aromatic carbocycles. The minimum absolute atomic E-state index is 0.337. The van der Waals surface area contributed by atoms with Crippen molar-refractivity contribution in [2.75, 3.05) is 13.2 Å². The van der Waals surface area contributed by atoms with Crippen LogP contribution in [0.4, 0.5) is 0 Å². The Labute approximate surface area is 100 Å². The van der Waals surface area contributed by atoms with Crippen molar-refractivity contribution in [1.82, 2.24) is 15.0 Å². The monoisotopic (exact) mass is 238 g/mol. The van der Waals surface area contributed by atoms with Crippen LogP contribution in [0, 0.1) is 0 Å². The van der Waals surface area contributed by atoms with E-state index >= 15 is 0 Å². The van der Waals surface area contributed by atoms with Crippen LogP contribution in [-0.2, 0) is 11.3 Å². The number of nitrogens with zero attached hydrogens (tertiary/aromatic N) is 3. The van der Waals surface area contributed by atoms with E-state index in [1.165, 1.54) is 0 Å². The first-order valence-electron chi connectivity index (χ1n) is 6.05. The van der Waals surface area contributed by atoms with Gasteiger partial charge in [-0.1, -0.05) is 5.21 Å². The summed E-state index contributed by atoms with van der Waals surface area (Å²) >= 11 is 0. The van der Waals surface area contributed by atoms with Gasteiger partial charge in [0.2, 0.25) is 0 Å². The summed E-state index contributed by atoms with van der Waals surface area (Å²) in [5, 5.41) is 7.88. The summed E-state index contributed by atoms with van der Waals surface area (Å²) in [7, 11) is 0. The standard InChI is InChI=1S/C11H18N4O2/c1-2-17-7-3-6-15-10(8-4-5-8)9(11(12)16)13-14-15/h8H,2-7H2,1H3,(H2,12,16). The van der Waals surface area contributed by atoms with Crippen LogP contribution in [0.1, 0.15) is 48.3 Å². The minimum Gasteiger partial charge on any atom is -0.382 e. The zero-order valence-corrected chi connectivity index (χ0v) is 10.1. The summed E-state index contributed by atoms with van der Waals surface area (Å²) in [6, 6.07) is 0. The number of rotatable bonds is 7. The number of nitrogens with two attached hydrogens (primary N) is 1. The summed E-state index contributed by atoms with van der Waals surface area (Å²) < 4.78 is 7.07. The van der Waals surface area contributed by atoms with Gasteiger partial charge in [0, 0.05) is 25.7 Å².